The maximum absolute atomic E-state index is 12.4. The Morgan fingerprint density at radius 1 is 1.20 bits per heavy atom. The highest BCUT2D eigenvalue weighted by atomic mass is 32.1. The molecule has 1 aromatic heterocycles. The Balaban J connectivity index is 1.98. The lowest BCUT2D eigenvalue weighted by Gasteiger charge is -2.28. The topological polar surface area (TPSA) is 66.9 Å². The van der Waals surface area contributed by atoms with Crippen LogP contribution in [0.3, 0.4) is 0 Å². The van der Waals surface area contributed by atoms with Crippen LogP contribution in [0.2, 0.25) is 0 Å². The van der Waals surface area contributed by atoms with Crippen molar-refractivity contribution >= 4 is 17.4 Å². The van der Waals surface area contributed by atoms with E-state index < -0.39 is 0 Å². The first-order chi connectivity index (χ1) is 9.41. The van der Waals surface area contributed by atoms with Crippen LogP contribution in [-0.4, -0.2) is 34.6 Å². The van der Waals surface area contributed by atoms with Gasteiger partial charge in [-0.05, 0) is 44.3 Å². The Labute approximate surface area is 124 Å². The Bertz CT molecular complexity index is 458. The van der Waals surface area contributed by atoms with Gasteiger partial charge in [0.25, 0.3) is 5.91 Å². The molecule has 6 heteroatoms. The van der Waals surface area contributed by atoms with E-state index in [-0.39, 0.29) is 17.4 Å². The quantitative estimate of drug-likeness (QED) is 0.896. The van der Waals surface area contributed by atoms with Crippen molar-refractivity contribution in [2.45, 2.75) is 64.0 Å². The largest absolute Gasteiger partial charge is 0.348 e. The summed E-state index contributed by atoms with van der Waals surface area (Å²) in [7, 11) is 2.00. The van der Waals surface area contributed by atoms with E-state index in [0.29, 0.717) is 10.9 Å². The lowest BCUT2D eigenvalue weighted by atomic mass is 9.90. The minimum absolute atomic E-state index is 0.0159. The molecule has 0 atom stereocenters. The van der Waals surface area contributed by atoms with Crippen LogP contribution in [0.1, 0.15) is 61.8 Å². The number of carbonyl (C=O) groups is 1. The molecule has 5 nitrogen and oxygen atoms in total. The SMILES string of the molecule is CNC1CCC(NC(=O)c2snnc2C(C)(C)C)CC1. The molecule has 0 radical (unpaired) electrons. The van der Waals surface area contributed by atoms with Gasteiger partial charge in [0.15, 0.2) is 0 Å². The Morgan fingerprint density at radius 2 is 1.80 bits per heavy atom. The Kier molecular flexibility index (Phi) is 4.75. The van der Waals surface area contributed by atoms with Crippen molar-refractivity contribution < 1.29 is 4.79 Å². The second kappa shape index (κ2) is 6.18. The third-order valence-electron chi connectivity index (χ3n) is 3.88. The molecule has 1 heterocycles. The zero-order chi connectivity index (χ0) is 14.8. The molecule has 2 N–H and O–H groups in total. The molecule has 1 aromatic rings. The average molecular weight is 296 g/mol. The summed E-state index contributed by atoms with van der Waals surface area (Å²) >= 11 is 1.19. The number of hydrogen-bond acceptors (Lipinski definition) is 5. The van der Waals surface area contributed by atoms with Crippen LogP contribution < -0.4 is 10.6 Å². The lowest BCUT2D eigenvalue weighted by molar-refractivity contribution is 0.0926. The Hall–Kier alpha value is -1.01. The fourth-order valence-electron chi connectivity index (χ4n) is 2.61. The fraction of sp³-hybridized carbons (Fsp3) is 0.786. The second-order valence-electron chi connectivity index (χ2n) is 6.51. The van der Waals surface area contributed by atoms with E-state index >= 15 is 0 Å². The maximum Gasteiger partial charge on any atom is 0.265 e. The number of hydrogen-bond donors (Lipinski definition) is 2. The predicted octanol–water partition coefficient (Wildman–Crippen LogP) is 2.10. The number of carbonyl (C=O) groups excluding carboxylic acids is 1. The van der Waals surface area contributed by atoms with Gasteiger partial charge >= 0.3 is 0 Å². The van der Waals surface area contributed by atoms with Crippen molar-refractivity contribution in [3.63, 3.8) is 0 Å². The summed E-state index contributed by atoms with van der Waals surface area (Å²) < 4.78 is 3.95. The number of amides is 1. The molecular weight excluding hydrogens is 272 g/mol. The van der Waals surface area contributed by atoms with Gasteiger partial charge in [-0.2, -0.15) is 0 Å². The average Bonchev–Trinajstić information content (AvgIpc) is 2.89. The molecule has 1 amide bonds. The third-order valence-corrected chi connectivity index (χ3v) is 4.60. The van der Waals surface area contributed by atoms with Gasteiger partial charge in [-0.1, -0.05) is 25.3 Å². The minimum Gasteiger partial charge on any atom is -0.348 e. The molecule has 0 unspecified atom stereocenters. The summed E-state index contributed by atoms with van der Waals surface area (Å²) in [5, 5.41) is 10.6. The van der Waals surface area contributed by atoms with Gasteiger partial charge in [-0.3, -0.25) is 4.79 Å². The molecule has 0 aromatic carbocycles. The predicted molar refractivity (Wildman–Crippen MR) is 81.2 cm³/mol. The van der Waals surface area contributed by atoms with Gasteiger partial charge in [0.05, 0.1) is 5.69 Å². The first kappa shape index (κ1) is 15.4. The number of nitrogens with zero attached hydrogens (tertiary/aromatic N) is 2. The molecule has 1 fully saturated rings. The lowest BCUT2D eigenvalue weighted by Crippen LogP contribution is -2.41. The highest BCUT2D eigenvalue weighted by molar-refractivity contribution is 7.08. The summed E-state index contributed by atoms with van der Waals surface area (Å²) in [6.07, 6.45) is 4.31. The molecule has 112 valence electrons. The third kappa shape index (κ3) is 3.55. The van der Waals surface area contributed by atoms with Crippen molar-refractivity contribution in [1.82, 2.24) is 20.2 Å². The zero-order valence-electron chi connectivity index (χ0n) is 12.7. The summed E-state index contributed by atoms with van der Waals surface area (Å²) in [6, 6.07) is 0.875. The van der Waals surface area contributed by atoms with Crippen molar-refractivity contribution in [3.05, 3.63) is 10.6 Å². The second-order valence-corrected chi connectivity index (χ2v) is 7.27. The van der Waals surface area contributed by atoms with Crippen LogP contribution >= 0.6 is 11.5 Å². The zero-order valence-corrected chi connectivity index (χ0v) is 13.5. The van der Waals surface area contributed by atoms with E-state index in [1.807, 2.05) is 7.05 Å². The van der Waals surface area contributed by atoms with E-state index in [9.17, 15) is 4.79 Å². The standard InChI is InChI=1S/C14H24N4OS/c1-14(2,3)12-11(20-18-17-12)13(19)16-10-7-5-9(15-4)6-8-10/h9-10,15H,5-8H2,1-4H3,(H,16,19). The molecule has 2 rings (SSSR count). The van der Waals surface area contributed by atoms with Gasteiger partial charge in [-0.25, -0.2) is 0 Å². The maximum atomic E-state index is 12.4. The van der Waals surface area contributed by atoms with Gasteiger partial charge in [-0.15, -0.1) is 5.10 Å². The fourth-order valence-corrected chi connectivity index (χ4v) is 3.39. The summed E-state index contributed by atoms with van der Waals surface area (Å²) in [5.74, 6) is -0.0159. The van der Waals surface area contributed by atoms with E-state index in [1.54, 1.807) is 0 Å². The first-order valence-corrected chi connectivity index (χ1v) is 8.00. The van der Waals surface area contributed by atoms with Gasteiger partial charge in [0.2, 0.25) is 0 Å². The Morgan fingerprint density at radius 3 is 2.35 bits per heavy atom. The molecule has 1 aliphatic rings. The van der Waals surface area contributed by atoms with Crippen molar-refractivity contribution in [1.29, 1.82) is 0 Å². The normalized spacial score (nSPS) is 23.6. The van der Waals surface area contributed by atoms with Crippen LogP contribution in [0, 0.1) is 0 Å². The molecule has 0 aliphatic heterocycles. The van der Waals surface area contributed by atoms with E-state index in [2.05, 4.69) is 41.0 Å². The first-order valence-electron chi connectivity index (χ1n) is 7.22. The van der Waals surface area contributed by atoms with Crippen LogP contribution in [0.5, 0.6) is 0 Å². The van der Waals surface area contributed by atoms with Crippen LogP contribution in [0.15, 0.2) is 0 Å². The smallest absolute Gasteiger partial charge is 0.265 e. The van der Waals surface area contributed by atoms with Crippen molar-refractivity contribution in [2.75, 3.05) is 7.05 Å². The molecule has 1 aliphatic carbocycles. The number of nitrogens with one attached hydrogen (secondary N) is 2. The van der Waals surface area contributed by atoms with Crippen LogP contribution in [0.4, 0.5) is 0 Å². The van der Waals surface area contributed by atoms with Gasteiger partial charge in [0.1, 0.15) is 4.88 Å². The van der Waals surface area contributed by atoms with Gasteiger partial charge < -0.3 is 10.6 Å². The molecule has 0 spiro atoms. The van der Waals surface area contributed by atoms with Crippen molar-refractivity contribution in [3.8, 4) is 0 Å². The minimum atomic E-state index is -0.149. The molecule has 0 bridgehead atoms. The number of rotatable bonds is 3. The van der Waals surface area contributed by atoms with Crippen LogP contribution in [0.25, 0.3) is 0 Å². The molecule has 0 saturated heterocycles. The molecular formula is C14H24N4OS. The monoisotopic (exact) mass is 296 g/mol. The summed E-state index contributed by atoms with van der Waals surface area (Å²) in [4.78, 5) is 13.1. The van der Waals surface area contributed by atoms with Crippen molar-refractivity contribution in [2.24, 2.45) is 0 Å². The summed E-state index contributed by atoms with van der Waals surface area (Å²) in [6.45, 7) is 6.16. The number of aromatic nitrogens is 2. The summed E-state index contributed by atoms with van der Waals surface area (Å²) in [5.41, 5.74) is 0.646. The highest BCUT2D eigenvalue weighted by Gasteiger charge is 2.28. The van der Waals surface area contributed by atoms with Gasteiger partial charge in [0, 0.05) is 17.5 Å². The van der Waals surface area contributed by atoms with Crippen LogP contribution in [-0.2, 0) is 5.41 Å². The molecule has 20 heavy (non-hydrogen) atoms. The van der Waals surface area contributed by atoms with E-state index in [0.717, 1.165) is 31.4 Å². The highest BCUT2D eigenvalue weighted by Crippen LogP contribution is 2.26. The van der Waals surface area contributed by atoms with E-state index in [1.165, 1.54) is 11.5 Å². The molecule has 1 saturated carbocycles. The van der Waals surface area contributed by atoms with E-state index in [4.69, 9.17) is 0 Å².